The Bertz CT molecular complexity index is 1360. The van der Waals surface area contributed by atoms with Gasteiger partial charge in [-0.05, 0) is 47.7 Å². The van der Waals surface area contributed by atoms with Gasteiger partial charge in [0, 0.05) is 41.7 Å². The molecule has 0 atom stereocenters. The van der Waals surface area contributed by atoms with Gasteiger partial charge in [-0.25, -0.2) is 9.18 Å². The van der Waals surface area contributed by atoms with E-state index in [9.17, 15) is 19.1 Å². The highest BCUT2D eigenvalue weighted by Crippen LogP contribution is 2.32. The van der Waals surface area contributed by atoms with Gasteiger partial charge in [-0.2, -0.15) is 0 Å². The Balaban J connectivity index is 1.39. The van der Waals surface area contributed by atoms with E-state index in [1.54, 1.807) is 4.90 Å². The third-order valence-corrected chi connectivity index (χ3v) is 6.40. The van der Waals surface area contributed by atoms with E-state index >= 15 is 0 Å². The normalized spacial score (nSPS) is 13.2. The molecule has 0 unspecified atom stereocenters. The van der Waals surface area contributed by atoms with Crippen molar-refractivity contribution >= 4 is 22.8 Å². The van der Waals surface area contributed by atoms with Gasteiger partial charge in [0.2, 0.25) is 5.91 Å². The number of carboxylic acids is 1. The number of halogens is 1. The van der Waals surface area contributed by atoms with E-state index in [0.29, 0.717) is 30.5 Å². The van der Waals surface area contributed by atoms with Crippen LogP contribution in [0.4, 0.5) is 4.39 Å². The predicted octanol–water partition coefficient (Wildman–Crippen LogP) is 5.19. The first-order valence-electron chi connectivity index (χ1n) is 11.0. The zero-order chi connectivity index (χ0) is 22.9. The predicted molar refractivity (Wildman–Crippen MR) is 125 cm³/mol. The summed E-state index contributed by atoms with van der Waals surface area (Å²) in [6.45, 7) is 0.482. The SMILES string of the molecule is O=C(O)c1ccc(F)c2c1CCN(C(=O)CCc1c(-c3ccccc3)[nH]c3ccccc13)C2. The molecule has 6 heteroatoms. The van der Waals surface area contributed by atoms with Crippen LogP contribution in [0.25, 0.3) is 22.2 Å². The van der Waals surface area contributed by atoms with Crippen molar-refractivity contribution in [2.75, 3.05) is 6.54 Å². The Kier molecular flexibility index (Phi) is 5.42. The van der Waals surface area contributed by atoms with E-state index in [2.05, 4.69) is 11.1 Å². The highest BCUT2D eigenvalue weighted by atomic mass is 19.1. The summed E-state index contributed by atoms with van der Waals surface area (Å²) < 4.78 is 14.4. The monoisotopic (exact) mass is 442 g/mol. The number of aromatic nitrogens is 1. The minimum atomic E-state index is -1.07. The minimum absolute atomic E-state index is 0.0647. The number of hydrogen-bond acceptors (Lipinski definition) is 2. The summed E-state index contributed by atoms with van der Waals surface area (Å²) >= 11 is 0. The van der Waals surface area contributed by atoms with Gasteiger partial charge in [0.15, 0.2) is 0 Å². The number of aromatic carboxylic acids is 1. The van der Waals surface area contributed by atoms with Crippen molar-refractivity contribution in [3.8, 4) is 11.3 Å². The van der Waals surface area contributed by atoms with Crippen molar-refractivity contribution in [2.45, 2.75) is 25.8 Å². The molecule has 1 aliphatic heterocycles. The lowest BCUT2D eigenvalue weighted by Gasteiger charge is -2.30. The molecule has 166 valence electrons. The number of fused-ring (bicyclic) bond motifs is 2. The summed E-state index contributed by atoms with van der Waals surface area (Å²) in [7, 11) is 0. The van der Waals surface area contributed by atoms with Crippen molar-refractivity contribution in [3.63, 3.8) is 0 Å². The van der Waals surface area contributed by atoms with Crippen molar-refractivity contribution in [3.05, 3.63) is 94.8 Å². The first kappa shape index (κ1) is 20.9. The Hall–Kier alpha value is -3.93. The molecule has 0 saturated carbocycles. The van der Waals surface area contributed by atoms with Crippen LogP contribution in [0.1, 0.15) is 33.5 Å². The highest BCUT2D eigenvalue weighted by Gasteiger charge is 2.27. The maximum atomic E-state index is 14.4. The molecule has 0 spiro atoms. The van der Waals surface area contributed by atoms with Crippen LogP contribution in [-0.2, 0) is 24.2 Å². The first-order chi connectivity index (χ1) is 16.0. The van der Waals surface area contributed by atoms with E-state index in [1.807, 2.05) is 48.5 Å². The van der Waals surface area contributed by atoms with Gasteiger partial charge in [-0.1, -0.05) is 48.5 Å². The Morgan fingerprint density at radius 2 is 1.73 bits per heavy atom. The van der Waals surface area contributed by atoms with Crippen LogP contribution in [0.15, 0.2) is 66.7 Å². The number of nitrogens with zero attached hydrogens (tertiary/aromatic N) is 1. The van der Waals surface area contributed by atoms with Gasteiger partial charge in [-0.3, -0.25) is 4.79 Å². The molecular weight excluding hydrogens is 419 g/mol. The Morgan fingerprint density at radius 1 is 0.970 bits per heavy atom. The number of amides is 1. The second-order valence-electron chi connectivity index (χ2n) is 8.31. The van der Waals surface area contributed by atoms with Gasteiger partial charge in [-0.15, -0.1) is 0 Å². The van der Waals surface area contributed by atoms with Gasteiger partial charge >= 0.3 is 5.97 Å². The number of H-pyrrole nitrogens is 1. The number of aryl methyl sites for hydroxylation is 1. The fourth-order valence-electron chi connectivity index (χ4n) is 4.75. The number of carbonyl (C=O) groups is 2. The second kappa shape index (κ2) is 8.54. The summed E-state index contributed by atoms with van der Waals surface area (Å²) in [5.41, 5.74) is 5.10. The van der Waals surface area contributed by atoms with Crippen LogP contribution in [-0.4, -0.2) is 33.4 Å². The van der Waals surface area contributed by atoms with E-state index in [-0.39, 0.29) is 24.4 Å². The van der Waals surface area contributed by atoms with Gasteiger partial charge in [0.1, 0.15) is 5.82 Å². The second-order valence-corrected chi connectivity index (χ2v) is 8.31. The number of hydrogen-bond donors (Lipinski definition) is 2. The summed E-state index contributed by atoms with van der Waals surface area (Å²) in [6.07, 6.45) is 1.17. The van der Waals surface area contributed by atoms with Crippen molar-refractivity contribution in [1.82, 2.24) is 9.88 Å². The lowest BCUT2D eigenvalue weighted by molar-refractivity contribution is -0.132. The summed E-state index contributed by atoms with van der Waals surface area (Å²) in [6, 6.07) is 20.6. The fraction of sp³-hybridized carbons (Fsp3) is 0.185. The molecule has 2 heterocycles. The molecule has 0 bridgehead atoms. The summed E-state index contributed by atoms with van der Waals surface area (Å²) in [5.74, 6) is -1.60. The molecular formula is C27H23FN2O3. The van der Waals surface area contributed by atoms with Crippen LogP contribution >= 0.6 is 0 Å². The molecule has 2 N–H and O–H groups in total. The largest absolute Gasteiger partial charge is 0.478 e. The van der Waals surface area contributed by atoms with Crippen LogP contribution in [0, 0.1) is 5.82 Å². The van der Waals surface area contributed by atoms with Gasteiger partial charge < -0.3 is 15.0 Å². The van der Waals surface area contributed by atoms with E-state index < -0.39 is 11.8 Å². The van der Waals surface area contributed by atoms with Crippen molar-refractivity contribution in [2.24, 2.45) is 0 Å². The van der Waals surface area contributed by atoms with E-state index in [0.717, 1.165) is 27.7 Å². The molecule has 5 nitrogen and oxygen atoms in total. The standard InChI is InChI=1S/C27H23FN2O3/c28-23-12-10-21(27(32)33)18-14-15-30(16-22(18)23)25(31)13-11-20-19-8-4-5-9-24(19)29-26(20)17-6-2-1-3-7-17/h1-10,12,29H,11,13-16H2,(H,32,33). The lowest BCUT2D eigenvalue weighted by Crippen LogP contribution is -2.37. The average Bonchev–Trinajstić information content (AvgIpc) is 3.21. The number of benzene rings is 3. The van der Waals surface area contributed by atoms with E-state index in [4.69, 9.17) is 0 Å². The Labute approximate surface area is 190 Å². The molecule has 0 fully saturated rings. The van der Waals surface area contributed by atoms with Crippen LogP contribution in [0.3, 0.4) is 0 Å². The minimum Gasteiger partial charge on any atom is -0.478 e. The third kappa shape index (κ3) is 3.89. The maximum absolute atomic E-state index is 14.4. The van der Waals surface area contributed by atoms with E-state index in [1.165, 1.54) is 12.1 Å². The van der Waals surface area contributed by atoms with Crippen LogP contribution in [0.5, 0.6) is 0 Å². The lowest BCUT2D eigenvalue weighted by atomic mass is 9.93. The molecule has 1 aromatic heterocycles. The number of rotatable bonds is 5. The van der Waals surface area contributed by atoms with Gasteiger partial charge in [0.25, 0.3) is 0 Å². The first-order valence-corrected chi connectivity index (χ1v) is 11.0. The number of aromatic amines is 1. The smallest absolute Gasteiger partial charge is 0.335 e. The third-order valence-electron chi connectivity index (χ3n) is 6.40. The van der Waals surface area contributed by atoms with Crippen LogP contribution < -0.4 is 0 Å². The molecule has 33 heavy (non-hydrogen) atoms. The number of nitrogens with one attached hydrogen (secondary N) is 1. The highest BCUT2D eigenvalue weighted by molar-refractivity contribution is 5.92. The quantitative estimate of drug-likeness (QED) is 0.447. The molecule has 1 aliphatic rings. The molecule has 0 saturated heterocycles. The molecule has 0 radical (unpaired) electrons. The maximum Gasteiger partial charge on any atom is 0.335 e. The fourth-order valence-corrected chi connectivity index (χ4v) is 4.75. The summed E-state index contributed by atoms with van der Waals surface area (Å²) in [4.78, 5) is 29.7. The van der Waals surface area contributed by atoms with Crippen molar-refractivity contribution < 1.29 is 19.1 Å². The molecule has 1 amide bonds. The van der Waals surface area contributed by atoms with Crippen LogP contribution in [0.2, 0.25) is 0 Å². The zero-order valence-corrected chi connectivity index (χ0v) is 18.0. The van der Waals surface area contributed by atoms with Crippen molar-refractivity contribution in [1.29, 1.82) is 0 Å². The molecule has 0 aliphatic carbocycles. The number of carbonyl (C=O) groups excluding carboxylic acids is 1. The Morgan fingerprint density at radius 3 is 2.52 bits per heavy atom. The molecule has 5 rings (SSSR count). The summed E-state index contributed by atoms with van der Waals surface area (Å²) in [5, 5.41) is 10.5. The topological polar surface area (TPSA) is 73.4 Å². The van der Waals surface area contributed by atoms with Gasteiger partial charge in [0.05, 0.1) is 5.56 Å². The zero-order valence-electron chi connectivity index (χ0n) is 18.0. The average molecular weight is 442 g/mol. The number of para-hydroxylation sites is 1. The molecule has 3 aromatic carbocycles. The number of carboxylic acid groups (broad SMARTS) is 1. The molecule has 4 aromatic rings.